The highest BCUT2D eigenvalue weighted by molar-refractivity contribution is 6.21. The summed E-state index contributed by atoms with van der Waals surface area (Å²) >= 11 is 6.06. The van der Waals surface area contributed by atoms with E-state index in [-0.39, 0.29) is 0 Å². The van der Waals surface area contributed by atoms with E-state index in [4.69, 9.17) is 16.7 Å². The van der Waals surface area contributed by atoms with Crippen molar-refractivity contribution in [2.24, 2.45) is 0 Å². The van der Waals surface area contributed by atoms with E-state index in [1.165, 1.54) is 25.3 Å². The summed E-state index contributed by atoms with van der Waals surface area (Å²) in [4.78, 5) is 0. The molecule has 21 heavy (non-hydrogen) atoms. The minimum Gasteiger partial charge on any atom is -0.388 e. The Bertz CT molecular complexity index is 400. The van der Waals surface area contributed by atoms with Crippen LogP contribution in [0.25, 0.3) is 0 Å². The smallest absolute Gasteiger partial charge is 0.142 e. The maximum atomic E-state index is 9.85. The van der Waals surface area contributed by atoms with E-state index in [1.54, 1.807) is 0 Å². The van der Waals surface area contributed by atoms with Gasteiger partial charge in [-0.3, -0.25) is 0 Å². The van der Waals surface area contributed by atoms with Gasteiger partial charge in [-0.2, -0.15) is 0 Å². The molecule has 0 aromatic carbocycles. The molecule has 0 fully saturated rings. The molecule has 0 spiro atoms. The van der Waals surface area contributed by atoms with E-state index in [2.05, 4.69) is 37.2 Å². The third-order valence-electron chi connectivity index (χ3n) is 3.00. The Kier molecular flexibility index (Phi) is 12.2. The maximum Gasteiger partial charge on any atom is 0.142 e. The van der Waals surface area contributed by atoms with Crippen LogP contribution >= 0.6 is 11.6 Å². The number of aliphatic hydroxyl groups excluding tert-OH is 3. The van der Waals surface area contributed by atoms with Crippen molar-refractivity contribution in [2.75, 3.05) is 0 Å². The maximum absolute atomic E-state index is 9.85. The van der Waals surface area contributed by atoms with Crippen molar-refractivity contribution in [1.82, 2.24) is 0 Å². The van der Waals surface area contributed by atoms with Crippen molar-refractivity contribution in [3.63, 3.8) is 0 Å². The number of unbranched alkanes of at least 4 members (excludes halogenated alkanes) is 4. The summed E-state index contributed by atoms with van der Waals surface area (Å²) < 4.78 is 0. The number of aliphatic hydroxyl groups is 3. The van der Waals surface area contributed by atoms with Crippen LogP contribution in [0, 0.1) is 23.7 Å². The molecule has 0 unspecified atom stereocenters. The molecule has 3 nitrogen and oxygen atoms in total. The van der Waals surface area contributed by atoms with E-state index in [0.29, 0.717) is 6.42 Å². The first-order valence-corrected chi connectivity index (χ1v) is 7.78. The molecule has 0 aromatic heterocycles. The predicted molar refractivity (Wildman–Crippen MR) is 86.8 cm³/mol. The average Bonchev–Trinajstić information content (AvgIpc) is 2.49. The molecule has 0 heterocycles. The molecule has 0 radical (unpaired) electrons. The Labute approximate surface area is 133 Å². The lowest BCUT2D eigenvalue weighted by molar-refractivity contribution is 0.0497. The van der Waals surface area contributed by atoms with E-state index in [0.717, 1.165) is 12.8 Å². The topological polar surface area (TPSA) is 60.7 Å². The molecule has 118 valence electrons. The lowest BCUT2D eigenvalue weighted by Gasteiger charge is -2.18. The summed E-state index contributed by atoms with van der Waals surface area (Å²) in [6.45, 7) is 5.52. The average molecular weight is 313 g/mol. The van der Waals surface area contributed by atoms with Crippen molar-refractivity contribution in [1.29, 1.82) is 0 Å². The van der Waals surface area contributed by atoms with Crippen molar-refractivity contribution in [2.45, 2.75) is 69.1 Å². The van der Waals surface area contributed by atoms with Gasteiger partial charge in [0.15, 0.2) is 0 Å². The van der Waals surface area contributed by atoms with E-state index >= 15 is 0 Å². The van der Waals surface area contributed by atoms with Gasteiger partial charge in [0.05, 0.1) is 5.38 Å². The van der Waals surface area contributed by atoms with Gasteiger partial charge in [-0.15, -0.1) is 11.6 Å². The van der Waals surface area contributed by atoms with Gasteiger partial charge in [-0.25, -0.2) is 0 Å². The van der Waals surface area contributed by atoms with Crippen molar-refractivity contribution >= 4 is 11.6 Å². The number of hydrogen-bond acceptors (Lipinski definition) is 3. The van der Waals surface area contributed by atoms with Crippen LogP contribution in [0.5, 0.6) is 0 Å². The zero-order chi connectivity index (χ0) is 16.1. The van der Waals surface area contributed by atoms with Crippen LogP contribution < -0.4 is 0 Å². The molecule has 0 aliphatic rings. The van der Waals surface area contributed by atoms with Crippen molar-refractivity contribution < 1.29 is 15.3 Å². The van der Waals surface area contributed by atoms with Crippen LogP contribution in [0.4, 0.5) is 0 Å². The van der Waals surface area contributed by atoms with Gasteiger partial charge in [0.25, 0.3) is 0 Å². The molecule has 3 N–H and O–H groups in total. The summed E-state index contributed by atoms with van der Waals surface area (Å²) in [7, 11) is 0. The minimum absolute atomic E-state index is 0.525. The zero-order valence-electron chi connectivity index (χ0n) is 12.6. The number of hydrogen-bond donors (Lipinski definition) is 3. The highest BCUT2D eigenvalue weighted by atomic mass is 35.5. The van der Waals surface area contributed by atoms with Gasteiger partial charge in [0.1, 0.15) is 18.3 Å². The first-order chi connectivity index (χ1) is 10.0. The summed E-state index contributed by atoms with van der Waals surface area (Å²) in [5.74, 6) is 9.57. The molecule has 0 aromatic rings. The largest absolute Gasteiger partial charge is 0.388 e. The summed E-state index contributed by atoms with van der Waals surface area (Å²) in [5.41, 5.74) is 0. The van der Waals surface area contributed by atoms with Crippen LogP contribution in [-0.2, 0) is 0 Å². The molecule has 0 amide bonds. The lowest BCUT2D eigenvalue weighted by Crippen LogP contribution is -2.33. The third-order valence-corrected chi connectivity index (χ3v) is 3.48. The predicted octanol–water partition coefficient (Wildman–Crippen LogP) is 2.23. The normalized spacial score (nSPS) is 15.7. The third kappa shape index (κ3) is 10.4. The van der Waals surface area contributed by atoms with Crippen molar-refractivity contribution in [3.05, 3.63) is 12.7 Å². The Morgan fingerprint density at radius 3 is 2.29 bits per heavy atom. The molecule has 0 aliphatic carbocycles. The molecule has 4 heteroatoms. The van der Waals surface area contributed by atoms with E-state index in [1.807, 2.05) is 0 Å². The van der Waals surface area contributed by atoms with Crippen LogP contribution in [0.1, 0.15) is 45.4 Å². The molecule has 4 atom stereocenters. The Morgan fingerprint density at radius 2 is 1.67 bits per heavy atom. The van der Waals surface area contributed by atoms with Crippen LogP contribution in [0.2, 0.25) is 0 Å². The molecule has 0 bridgehead atoms. The van der Waals surface area contributed by atoms with Gasteiger partial charge in [-0.1, -0.05) is 63.5 Å². The second-order valence-electron chi connectivity index (χ2n) is 4.87. The zero-order valence-corrected chi connectivity index (χ0v) is 13.3. The SMILES string of the molecule is C=C[C@@H](O)C#CC#C[C@H](O)[C@H](O)[C@H](Cl)CCCCCCC. The number of rotatable bonds is 9. The van der Waals surface area contributed by atoms with Crippen LogP contribution in [0.15, 0.2) is 12.7 Å². The van der Waals surface area contributed by atoms with E-state index < -0.39 is 23.7 Å². The number of halogens is 1. The first-order valence-electron chi connectivity index (χ1n) is 7.34. The van der Waals surface area contributed by atoms with Gasteiger partial charge in [0, 0.05) is 0 Å². The van der Waals surface area contributed by atoms with Gasteiger partial charge in [-0.05, 0) is 18.3 Å². The van der Waals surface area contributed by atoms with Crippen molar-refractivity contribution in [3.8, 4) is 23.7 Å². The fourth-order valence-electron chi connectivity index (χ4n) is 1.68. The minimum atomic E-state index is -1.24. The Hall–Kier alpha value is -0.970. The highest BCUT2D eigenvalue weighted by Crippen LogP contribution is 2.16. The van der Waals surface area contributed by atoms with Gasteiger partial charge < -0.3 is 15.3 Å². The number of alkyl halides is 1. The Balaban J connectivity index is 4.11. The summed E-state index contributed by atoms with van der Waals surface area (Å²) in [6.07, 6.45) is 4.20. The molecule has 0 saturated carbocycles. The molecule has 0 rings (SSSR count). The van der Waals surface area contributed by atoms with Crippen LogP contribution in [0.3, 0.4) is 0 Å². The fourth-order valence-corrected chi connectivity index (χ4v) is 1.97. The highest BCUT2D eigenvalue weighted by Gasteiger charge is 2.22. The van der Waals surface area contributed by atoms with Gasteiger partial charge >= 0.3 is 0 Å². The first kappa shape index (κ1) is 20.0. The Morgan fingerprint density at radius 1 is 1.05 bits per heavy atom. The quantitative estimate of drug-likeness (QED) is 0.265. The summed E-state index contributed by atoms with van der Waals surface area (Å²) in [6, 6.07) is 0. The second-order valence-corrected chi connectivity index (χ2v) is 5.43. The van der Waals surface area contributed by atoms with E-state index in [9.17, 15) is 10.2 Å². The molecular formula is C17H25ClO3. The van der Waals surface area contributed by atoms with Gasteiger partial charge in [0.2, 0.25) is 0 Å². The lowest BCUT2D eigenvalue weighted by atomic mass is 10.0. The standard InChI is InChI=1S/C17H25ClO3/c1-3-5-6-7-8-12-15(18)17(21)16(20)13-10-9-11-14(19)4-2/h4,14-17,19-21H,2-3,5-8,12H2,1H3/t14-,15-,16+,17-/m1/s1. The molecule has 0 aliphatic heterocycles. The summed E-state index contributed by atoms with van der Waals surface area (Å²) in [5, 5.41) is 28.1. The monoisotopic (exact) mass is 312 g/mol. The fraction of sp³-hybridized carbons (Fsp3) is 0.647. The molecular weight excluding hydrogens is 288 g/mol. The van der Waals surface area contributed by atoms with Crippen LogP contribution in [-0.4, -0.2) is 39.0 Å². The second kappa shape index (κ2) is 12.7. The molecule has 0 saturated heterocycles.